The summed E-state index contributed by atoms with van der Waals surface area (Å²) in [7, 11) is -1.09. The summed E-state index contributed by atoms with van der Waals surface area (Å²) in [5.74, 6) is -1.23. The van der Waals surface area contributed by atoms with Crippen LogP contribution in [0.25, 0.3) is 10.9 Å². The summed E-state index contributed by atoms with van der Waals surface area (Å²) >= 11 is 1.35. The smallest absolute Gasteiger partial charge is 0.160 e. The zero-order chi connectivity index (χ0) is 15.9. The van der Waals surface area contributed by atoms with E-state index in [0.717, 1.165) is 0 Å². The van der Waals surface area contributed by atoms with E-state index in [0.29, 0.717) is 34.3 Å². The Morgan fingerprint density at radius 2 is 2.27 bits per heavy atom. The molecule has 22 heavy (non-hydrogen) atoms. The Morgan fingerprint density at radius 1 is 1.50 bits per heavy atom. The van der Waals surface area contributed by atoms with Gasteiger partial charge in [0.15, 0.2) is 11.6 Å². The van der Waals surface area contributed by atoms with E-state index in [2.05, 4.69) is 4.98 Å². The van der Waals surface area contributed by atoms with Gasteiger partial charge in [-0.3, -0.25) is 0 Å². The molecule has 2 aromatic rings. The quantitative estimate of drug-likeness (QED) is 0.588. The van der Waals surface area contributed by atoms with Gasteiger partial charge in [0, 0.05) is 43.9 Å². The van der Waals surface area contributed by atoms with Crippen molar-refractivity contribution in [1.29, 1.82) is 0 Å². The largest absolute Gasteiger partial charge is 0.391 e. The maximum Gasteiger partial charge on any atom is 0.160 e. The highest BCUT2D eigenvalue weighted by Crippen LogP contribution is 2.40. The Labute approximate surface area is 132 Å². The third-order valence-corrected chi connectivity index (χ3v) is 6.33. The van der Waals surface area contributed by atoms with Gasteiger partial charge >= 0.3 is 0 Å². The van der Waals surface area contributed by atoms with Crippen LogP contribution in [0.4, 0.5) is 14.5 Å². The minimum atomic E-state index is -1.09. The first-order chi connectivity index (χ1) is 10.5. The Kier molecular flexibility index (Phi) is 4.59. The molecule has 8 heteroatoms. The summed E-state index contributed by atoms with van der Waals surface area (Å²) in [6.07, 6.45) is 1.60. The van der Waals surface area contributed by atoms with Gasteiger partial charge in [-0.15, -0.1) is 11.8 Å². The lowest BCUT2D eigenvalue weighted by Crippen LogP contribution is -2.23. The highest BCUT2D eigenvalue weighted by atomic mass is 32.2. The predicted molar refractivity (Wildman–Crippen MR) is 86.8 cm³/mol. The number of aliphatic hydroxyl groups excluding tert-OH is 1. The van der Waals surface area contributed by atoms with E-state index in [4.69, 9.17) is 0 Å². The van der Waals surface area contributed by atoms with E-state index >= 15 is 0 Å². The van der Waals surface area contributed by atoms with Crippen molar-refractivity contribution in [3.8, 4) is 0 Å². The number of halogens is 2. The molecule has 2 unspecified atom stereocenters. The van der Waals surface area contributed by atoms with Crippen molar-refractivity contribution in [2.24, 2.45) is 0 Å². The fraction of sp³-hybridized carbons (Fsp3) is 0.429. The number of anilines is 1. The van der Waals surface area contributed by atoms with Crippen LogP contribution in [0, 0.1) is 11.6 Å². The number of fused-ring (bicyclic) bond motifs is 1. The third-order valence-electron chi connectivity index (χ3n) is 3.69. The molecule has 1 aliphatic rings. The first kappa shape index (κ1) is 16.0. The molecule has 2 atom stereocenters. The van der Waals surface area contributed by atoms with Crippen molar-refractivity contribution >= 4 is 36.5 Å². The molecule has 3 rings (SSSR count). The second-order valence-electron chi connectivity index (χ2n) is 5.42. The molecule has 1 aromatic carbocycles. The number of benzene rings is 1. The van der Waals surface area contributed by atoms with E-state index in [1.54, 1.807) is 17.8 Å². The highest BCUT2D eigenvalue weighted by Gasteiger charge is 2.28. The van der Waals surface area contributed by atoms with E-state index in [1.165, 1.54) is 17.8 Å². The number of rotatable bonds is 4. The summed E-state index contributed by atoms with van der Waals surface area (Å²) < 4.78 is 29.1. The number of thioether (sulfide) groups is 1. The monoisotopic (exact) mass is 346 g/mol. The lowest BCUT2D eigenvalue weighted by atomic mass is 10.2. The van der Waals surface area contributed by atoms with Crippen LogP contribution in [0.15, 0.2) is 17.2 Å². The number of nitrogens with one attached hydrogen (secondary N) is 1. The van der Waals surface area contributed by atoms with Crippen LogP contribution in [0.1, 0.15) is 6.42 Å². The lowest BCUT2D eigenvalue weighted by molar-refractivity contribution is 0.198. The molecular weight excluding hydrogens is 329 g/mol. The van der Waals surface area contributed by atoms with Gasteiger partial charge in [-0.2, -0.15) is 0 Å². The number of aromatic amines is 1. The van der Waals surface area contributed by atoms with Gasteiger partial charge in [0.25, 0.3) is 0 Å². The molecule has 1 aromatic heterocycles. The number of hydrogen-bond acceptors (Lipinski definition) is 4. The first-order valence-corrected chi connectivity index (χ1v) is 9.83. The van der Waals surface area contributed by atoms with Crippen molar-refractivity contribution in [3.63, 3.8) is 0 Å². The van der Waals surface area contributed by atoms with Crippen LogP contribution in [-0.4, -0.2) is 46.3 Å². The first-order valence-electron chi connectivity index (χ1n) is 6.92. The number of nitrogens with zero attached hydrogens (tertiary/aromatic N) is 1. The van der Waals surface area contributed by atoms with Gasteiger partial charge in [-0.05, 0) is 13.1 Å². The number of β-amino-alcohol motifs (C(OH)–C–C–N with tert-alkyl or cyclic N) is 1. The number of H-pyrrole nitrogens is 1. The third kappa shape index (κ3) is 2.95. The second kappa shape index (κ2) is 6.32. The number of aromatic nitrogens is 1. The fourth-order valence-electron chi connectivity index (χ4n) is 2.69. The topological polar surface area (TPSA) is 59.5 Å². The van der Waals surface area contributed by atoms with Gasteiger partial charge in [0.1, 0.15) is 5.69 Å². The van der Waals surface area contributed by atoms with Gasteiger partial charge in [-0.25, -0.2) is 8.78 Å². The zero-order valence-electron chi connectivity index (χ0n) is 12.0. The summed E-state index contributed by atoms with van der Waals surface area (Å²) in [5.41, 5.74) is 0.823. The number of hydrogen-bond donors (Lipinski definition) is 3. The maximum atomic E-state index is 14.9. The standard InChI is InChI=1S/C14H17F2N2O2PS/c1-21(20)7-22-11-5-17-10-4-9(15)14(13(16)12(10)11)18-3-2-8(19)6-18/h4-5,8,17,19-20H,2-3,6-7H2,1H3. The molecular formula is C14H17F2N2O2PS. The zero-order valence-corrected chi connectivity index (χ0v) is 13.7. The van der Waals surface area contributed by atoms with Gasteiger partial charge in [0.05, 0.1) is 17.0 Å². The van der Waals surface area contributed by atoms with Crippen LogP contribution < -0.4 is 4.90 Å². The average molecular weight is 346 g/mol. The molecule has 2 heterocycles. The average Bonchev–Trinajstić information content (AvgIpc) is 3.03. The summed E-state index contributed by atoms with van der Waals surface area (Å²) in [5, 5.41) is 9.94. The summed E-state index contributed by atoms with van der Waals surface area (Å²) in [6, 6.07) is 1.29. The van der Waals surface area contributed by atoms with Gasteiger partial charge < -0.3 is 19.9 Å². The predicted octanol–water partition coefficient (Wildman–Crippen LogP) is 3.09. The Bertz CT molecular complexity index is 695. The van der Waals surface area contributed by atoms with Gasteiger partial charge in [0.2, 0.25) is 0 Å². The summed E-state index contributed by atoms with van der Waals surface area (Å²) in [4.78, 5) is 14.5. The molecule has 1 saturated heterocycles. The van der Waals surface area contributed by atoms with Crippen LogP contribution in [0.5, 0.6) is 0 Å². The minimum Gasteiger partial charge on any atom is -0.391 e. The van der Waals surface area contributed by atoms with Crippen LogP contribution in [-0.2, 0) is 0 Å². The van der Waals surface area contributed by atoms with Crippen molar-refractivity contribution in [3.05, 3.63) is 23.9 Å². The highest BCUT2D eigenvalue weighted by molar-refractivity contribution is 8.04. The number of aliphatic hydroxyl groups is 1. The van der Waals surface area contributed by atoms with E-state index < -0.39 is 25.9 Å². The molecule has 3 N–H and O–H groups in total. The van der Waals surface area contributed by atoms with E-state index in [1.807, 2.05) is 0 Å². The van der Waals surface area contributed by atoms with Crippen LogP contribution >= 0.6 is 19.9 Å². The van der Waals surface area contributed by atoms with Crippen LogP contribution in [0.2, 0.25) is 0 Å². The van der Waals surface area contributed by atoms with E-state index in [9.17, 15) is 18.8 Å². The van der Waals surface area contributed by atoms with Crippen molar-refractivity contribution < 1.29 is 18.8 Å². The van der Waals surface area contributed by atoms with E-state index in [-0.39, 0.29) is 12.2 Å². The molecule has 0 saturated carbocycles. The Balaban J connectivity index is 2.03. The minimum absolute atomic E-state index is 0.0757. The van der Waals surface area contributed by atoms with Crippen molar-refractivity contribution in [2.45, 2.75) is 17.4 Å². The van der Waals surface area contributed by atoms with Gasteiger partial charge in [-0.1, -0.05) is 0 Å². The van der Waals surface area contributed by atoms with Crippen LogP contribution in [0.3, 0.4) is 0 Å². The Morgan fingerprint density at radius 3 is 2.91 bits per heavy atom. The van der Waals surface area contributed by atoms with Crippen molar-refractivity contribution in [2.75, 3.05) is 30.1 Å². The van der Waals surface area contributed by atoms with Crippen molar-refractivity contribution in [1.82, 2.24) is 4.98 Å². The second-order valence-corrected chi connectivity index (χ2v) is 8.49. The molecule has 0 spiro atoms. The maximum absolute atomic E-state index is 14.9. The molecule has 0 aliphatic carbocycles. The SMILES string of the molecule is CP(O)CSc1c[nH]c2cc(F)c(N3CCC(O)C3)c(F)c12. The fourth-order valence-corrected chi connectivity index (χ4v) is 4.48. The lowest BCUT2D eigenvalue weighted by Gasteiger charge is -2.20. The molecule has 0 radical (unpaired) electrons. The Hall–Kier alpha value is -0.880. The molecule has 4 nitrogen and oxygen atoms in total. The molecule has 0 bridgehead atoms. The molecule has 1 aliphatic heterocycles. The normalized spacial score (nSPS) is 20.0. The molecule has 120 valence electrons. The summed E-state index contributed by atoms with van der Waals surface area (Å²) in [6.45, 7) is 2.40. The molecule has 1 fully saturated rings. The molecule has 0 amide bonds.